The predicted octanol–water partition coefficient (Wildman–Crippen LogP) is 1.23. The normalized spacial score (nSPS) is 13.8. The molecule has 1 rings (SSSR count). The molecule has 1 aromatic rings. The molecule has 0 aromatic heterocycles. The largest absolute Gasteiger partial charge is 0.444 e. The van der Waals surface area contributed by atoms with Crippen molar-refractivity contribution in [2.75, 3.05) is 6.54 Å². The third-order valence-electron chi connectivity index (χ3n) is 2.94. The molecule has 23 heavy (non-hydrogen) atoms. The van der Waals surface area contributed by atoms with Crippen LogP contribution in [0.25, 0.3) is 0 Å². The van der Waals surface area contributed by atoms with Crippen molar-refractivity contribution in [2.45, 2.75) is 38.6 Å². The summed E-state index contributed by atoms with van der Waals surface area (Å²) in [6.07, 6.45) is -2.70. The Hall–Kier alpha value is -2.25. The molecule has 0 spiro atoms. The topological polar surface area (TPSA) is 113 Å². The Labute approximate surface area is 134 Å². The van der Waals surface area contributed by atoms with Crippen LogP contribution >= 0.6 is 0 Å². The van der Waals surface area contributed by atoms with E-state index in [0.717, 1.165) is 0 Å². The molecular weight excluding hydrogens is 302 g/mol. The van der Waals surface area contributed by atoms with E-state index in [0.29, 0.717) is 12.6 Å². The van der Waals surface area contributed by atoms with Crippen molar-refractivity contribution in [3.05, 3.63) is 34.9 Å². The number of aldehydes is 2. The number of aliphatic hydroxyl groups excluding tert-OH is 2. The standard InChI is InChI=1S/C16H21NO6/c1-16(2,3)23-15(22)17-7-12(20)14(21)13-10(8-18)5-4-6-11(13)9-19/h4-6,8-9,12,14,20-21H,7H2,1-3H3,(H,17,22). The van der Waals surface area contributed by atoms with Crippen molar-refractivity contribution in [2.24, 2.45) is 0 Å². The maximum absolute atomic E-state index is 11.5. The summed E-state index contributed by atoms with van der Waals surface area (Å²) in [6, 6.07) is 4.34. The molecule has 0 saturated carbocycles. The molecule has 0 aliphatic heterocycles. The van der Waals surface area contributed by atoms with Gasteiger partial charge in [-0.25, -0.2) is 4.79 Å². The number of nitrogens with one attached hydrogen (secondary N) is 1. The zero-order chi connectivity index (χ0) is 17.6. The molecule has 0 aliphatic carbocycles. The molecule has 7 heteroatoms. The van der Waals surface area contributed by atoms with E-state index in [2.05, 4.69) is 5.32 Å². The first kappa shape index (κ1) is 18.8. The van der Waals surface area contributed by atoms with Crippen molar-refractivity contribution < 1.29 is 29.3 Å². The second kappa shape index (κ2) is 7.85. The minimum atomic E-state index is -1.51. The van der Waals surface area contributed by atoms with Gasteiger partial charge in [0, 0.05) is 23.2 Å². The fourth-order valence-corrected chi connectivity index (χ4v) is 1.95. The Balaban J connectivity index is 2.81. The van der Waals surface area contributed by atoms with Crippen LogP contribution in [0.5, 0.6) is 0 Å². The summed E-state index contributed by atoms with van der Waals surface area (Å²) in [7, 11) is 0. The van der Waals surface area contributed by atoms with E-state index in [1.165, 1.54) is 18.2 Å². The van der Waals surface area contributed by atoms with Gasteiger partial charge in [-0.15, -0.1) is 0 Å². The molecule has 3 N–H and O–H groups in total. The lowest BCUT2D eigenvalue weighted by Gasteiger charge is -2.23. The summed E-state index contributed by atoms with van der Waals surface area (Å²) >= 11 is 0. The minimum Gasteiger partial charge on any atom is -0.444 e. The van der Waals surface area contributed by atoms with Crippen LogP contribution in [-0.4, -0.2) is 47.1 Å². The van der Waals surface area contributed by atoms with Crippen LogP contribution in [0.1, 0.15) is 53.2 Å². The fraction of sp³-hybridized carbons (Fsp3) is 0.438. The zero-order valence-corrected chi connectivity index (χ0v) is 13.3. The van der Waals surface area contributed by atoms with Crippen molar-refractivity contribution in [1.82, 2.24) is 5.32 Å². The quantitative estimate of drug-likeness (QED) is 0.679. The fourth-order valence-electron chi connectivity index (χ4n) is 1.95. The predicted molar refractivity (Wildman–Crippen MR) is 82.4 cm³/mol. The van der Waals surface area contributed by atoms with Gasteiger partial charge >= 0.3 is 6.09 Å². The number of ether oxygens (including phenoxy) is 1. The SMILES string of the molecule is CC(C)(C)OC(=O)NCC(O)C(O)c1c(C=O)cccc1C=O. The first-order chi connectivity index (χ1) is 10.7. The van der Waals surface area contributed by atoms with E-state index in [1.807, 2.05) is 0 Å². The smallest absolute Gasteiger partial charge is 0.407 e. The van der Waals surface area contributed by atoms with E-state index in [9.17, 15) is 24.6 Å². The minimum absolute atomic E-state index is 0.0241. The molecule has 0 saturated heterocycles. The summed E-state index contributed by atoms with van der Waals surface area (Å²) in [5.74, 6) is 0. The molecule has 0 bridgehead atoms. The number of rotatable bonds is 6. The lowest BCUT2D eigenvalue weighted by Crippen LogP contribution is -2.39. The number of amides is 1. The van der Waals surface area contributed by atoms with Gasteiger partial charge in [-0.1, -0.05) is 18.2 Å². The first-order valence-electron chi connectivity index (χ1n) is 7.06. The van der Waals surface area contributed by atoms with Crippen LogP contribution in [0, 0.1) is 0 Å². The Morgan fingerprint density at radius 1 is 1.22 bits per heavy atom. The lowest BCUT2D eigenvalue weighted by atomic mass is 9.94. The van der Waals surface area contributed by atoms with E-state index < -0.39 is 23.9 Å². The number of aliphatic hydroxyl groups is 2. The summed E-state index contributed by atoms with van der Waals surface area (Å²) in [6.45, 7) is 4.76. The van der Waals surface area contributed by atoms with Gasteiger partial charge in [0.25, 0.3) is 0 Å². The molecule has 2 unspecified atom stereocenters. The summed E-state index contributed by atoms with van der Waals surface area (Å²) in [5, 5.41) is 22.5. The number of carbonyl (C=O) groups is 3. The van der Waals surface area contributed by atoms with Gasteiger partial charge in [0.1, 0.15) is 30.4 Å². The molecule has 0 fully saturated rings. The van der Waals surface area contributed by atoms with Crippen LogP contribution in [0.2, 0.25) is 0 Å². The van der Waals surface area contributed by atoms with E-state index in [-0.39, 0.29) is 23.2 Å². The van der Waals surface area contributed by atoms with Crippen LogP contribution in [0.3, 0.4) is 0 Å². The molecule has 0 aliphatic rings. The molecule has 0 radical (unpaired) electrons. The highest BCUT2D eigenvalue weighted by atomic mass is 16.6. The average Bonchev–Trinajstić information content (AvgIpc) is 2.49. The van der Waals surface area contributed by atoms with Crippen molar-refractivity contribution in [3.8, 4) is 0 Å². The Morgan fingerprint density at radius 2 is 1.74 bits per heavy atom. The maximum Gasteiger partial charge on any atom is 0.407 e. The molecule has 7 nitrogen and oxygen atoms in total. The highest BCUT2D eigenvalue weighted by molar-refractivity contribution is 5.86. The maximum atomic E-state index is 11.5. The van der Waals surface area contributed by atoms with Gasteiger partial charge in [0.15, 0.2) is 0 Å². The number of carbonyl (C=O) groups excluding carboxylic acids is 3. The monoisotopic (exact) mass is 323 g/mol. The summed E-state index contributed by atoms with van der Waals surface area (Å²) in [4.78, 5) is 33.6. The lowest BCUT2D eigenvalue weighted by molar-refractivity contribution is 0.0123. The number of alkyl carbamates (subject to hydrolysis) is 1. The Bertz CT molecular complexity index is 552. The van der Waals surface area contributed by atoms with Crippen molar-refractivity contribution in [3.63, 3.8) is 0 Å². The van der Waals surface area contributed by atoms with Crippen LogP contribution in [0.15, 0.2) is 18.2 Å². The second-order valence-corrected chi connectivity index (χ2v) is 5.98. The molecule has 0 heterocycles. The van der Waals surface area contributed by atoms with Gasteiger partial charge in [-0.2, -0.15) is 0 Å². The highest BCUT2D eigenvalue weighted by Gasteiger charge is 2.25. The van der Waals surface area contributed by atoms with E-state index in [4.69, 9.17) is 4.74 Å². The molecule has 1 aromatic carbocycles. The van der Waals surface area contributed by atoms with E-state index >= 15 is 0 Å². The summed E-state index contributed by atoms with van der Waals surface area (Å²) < 4.78 is 5.01. The first-order valence-corrected chi connectivity index (χ1v) is 7.06. The molecule has 2 atom stereocenters. The second-order valence-electron chi connectivity index (χ2n) is 5.98. The van der Waals surface area contributed by atoms with Gasteiger partial charge < -0.3 is 20.3 Å². The molecular formula is C16H21NO6. The Morgan fingerprint density at radius 3 is 2.17 bits per heavy atom. The van der Waals surface area contributed by atoms with Gasteiger partial charge in [0.2, 0.25) is 0 Å². The van der Waals surface area contributed by atoms with Gasteiger partial charge in [-0.3, -0.25) is 9.59 Å². The average molecular weight is 323 g/mol. The van der Waals surface area contributed by atoms with Crippen LogP contribution in [-0.2, 0) is 4.74 Å². The van der Waals surface area contributed by atoms with E-state index in [1.54, 1.807) is 20.8 Å². The van der Waals surface area contributed by atoms with Crippen LogP contribution in [0.4, 0.5) is 4.79 Å². The van der Waals surface area contributed by atoms with Crippen LogP contribution < -0.4 is 5.32 Å². The number of hydrogen-bond donors (Lipinski definition) is 3. The van der Waals surface area contributed by atoms with Crippen molar-refractivity contribution in [1.29, 1.82) is 0 Å². The number of benzene rings is 1. The van der Waals surface area contributed by atoms with Crippen molar-refractivity contribution >= 4 is 18.7 Å². The summed E-state index contributed by atoms with van der Waals surface area (Å²) in [5.41, 5.74) is -0.476. The number of hydrogen-bond acceptors (Lipinski definition) is 6. The highest BCUT2D eigenvalue weighted by Crippen LogP contribution is 2.23. The van der Waals surface area contributed by atoms with Gasteiger partial charge in [0.05, 0.1) is 0 Å². The van der Waals surface area contributed by atoms with Gasteiger partial charge in [-0.05, 0) is 20.8 Å². The third-order valence-corrected chi connectivity index (χ3v) is 2.94. The third kappa shape index (κ3) is 5.46. The molecule has 1 amide bonds. The zero-order valence-electron chi connectivity index (χ0n) is 13.3. The Kier molecular flexibility index (Phi) is 6.41. The molecule has 126 valence electrons.